The molecule has 1 aromatic carbocycles. The molecule has 0 spiro atoms. The number of hydrogen-bond acceptors (Lipinski definition) is 1. The summed E-state index contributed by atoms with van der Waals surface area (Å²) in [6.45, 7) is 2.36. The van der Waals surface area contributed by atoms with Gasteiger partial charge in [0.15, 0.2) is 0 Å². The predicted octanol–water partition coefficient (Wildman–Crippen LogP) is 4.91. The molecule has 2 aromatic rings. The Morgan fingerprint density at radius 2 is 2.00 bits per heavy atom. The summed E-state index contributed by atoms with van der Waals surface area (Å²) in [4.78, 5) is 3.27. The number of alkyl halides is 3. The minimum atomic E-state index is -4.33. The van der Waals surface area contributed by atoms with Gasteiger partial charge < -0.3 is 9.72 Å². The Hall–Kier alpha value is -1.49. The molecule has 1 unspecified atom stereocenters. The number of rotatable bonds is 1. The summed E-state index contributed by atoms with van der Waals surface area (Å²) in [7, 11) is 0. The maximum absolute atomic E-state index is 13.4. The summed E-state index contributed by atoms with van der Waals surface area (Å²) in [5.74, 6) is 0.446. The summed E-state index contributed by atoms with van der Waals surface area (Å²) >= 11 is 0. The second-order valence-electron chi connectivity index (χ2n) is 6.43. The van der Waals surface area contributed by atoms with Gasteiger partial charge in [0.2, 0.25) is 0 Å². The molecule has 1 aromatic heterocycles. The molecule has 2 heterocycles. The number of aromatic amines is 1. The molecular formula is C17H18F3NO. The van der Waals surface area contributed by atoms with Gasteiger partial charge in [-0.1, -0.05) is 12.5 Å². The highest BCUT2D eigenvalue weighted by Crippen LogP contribution is 2.46. The molecule has 2 nitrogen and oxygen atoms in total. The topological polar surface area (TPSA) is 25.0 Å². The van der Waals surface area contributed by atoms with E-state index in [-0.39, 0.29) is 6.10 Å². The van der Waals surface area contributed by atoms with Crippen molar-refractivity contribution in [1.82, 2.24) is 4.98 Å². The molecule has 118 valence electrons. The molecule has 1 aliphatic carbocycles. The number of aromatic nitrogens is 1. The normalized spacial score (nSPS) is 22.6. The average Bonchev–Trinajstić information content (AvgIpc) is 2.77. The standard InChI is InChI=1S/C17H18F3NO/c1-9-5-6-12(17(18,19)20)13-11-7-8-22-16(10-3-2-4-10)15(11)21-14(9)13/h5-6,10,16,21H,2-4,7-8H2,1H3. The summed E-state index contributed by atoms with van der Waals surface area (Å²) in [5, 5.41) is 0.357. The van der Waals surface area contributed by atoms with Gasteiger partial charge in [-0.2, -0.15) is 13.2 Å². The first-order valence-electron chi connectivity index (χ1n) is 7.79. The molecule has 2 aliphatic rings. The van der Waals surface area contributed by atoms with Crippen molar-refractivity contribution in [1.29, 1.82) is 0 Å². The number of hydrogen-bond donors (Lipinski definition) is 1. The minimum absolute atomic E-state index is 0.0645. The molecule has 1 aliphatic heterocycles. The number of fused-ring (bicyclic) bond motifs is 3. The van der Waals surface area contributed by atoms with Crippen molar-refractivity contribution in [2.75, 3.05) is 6.61 Å². The van der Waals surface area contributed by atoms with Gasteiger partial charge in [0.1, 0.15) is 6.10 Å². The van der Waals surface area contributed by atoms with Gasteiger partial charge in [-0.25, -0.2) is 0 Å². The molecule has 1 saturated carbocycles. The van der Waals surface area contributed by atoms with Gasteiger partial charge in [0.05, 0.1) is 12.2 Å². The molecule has 0 radical (unpaired) electrons. The third-order valence-corrected chi connectivity index (χ3v) is 5.12. The van der Waals surface area contributed by atoms with E-state index < -0.39 is 11.7 Å². The molecule has 1 N–H and O–H groups in total. The van der Waals surface area contributed by atoms with Gasteiger partial charge in [-0.15, -0.1) is 0 Å². The van der Waals surface area contributed by atoms with Crippen molar-refractivity contribution >= 4 is 10.9 Å². The summed E-state index contributed by atoms with van der Waals surface area (Å²) in [6.07, 6.45) is -0.454. The lowest BCUT2D eigenvalue weighted by Gasteiger charge is -2.36. The van der Waals surface area contributed by atoms with Crippen LogP contribution < -0.4 is 0 Å². The van der Waals surface area contributed by atoms with Crippen LogP contribution in [0.2, 0.25) is 0 Å². The van der Waals surface area contributed by atoms with E-state index in [1.807, 2.05) is 6.92 Å². The lowest BCUT2D eigenvalue weighted by atomic mass is 9.78. The molecule has 1 atom stereocenters. The second-order valence-corrected chi connectivity index (χ2v) is 6.43. The number of nitrogens with one attached hydrogen (secondary N) is 1. The number of halogens is 3. The van der Waals surface area contributed by atoms with Crippen LogP contribution in [-0.2, 0) is 17.3 Å². The first-order chi connectivity index (χ1) is 10.5. The van der Waals surface area contributed by atoms with Gasteiger partial charge in [0.25, 0.3) is 0 Å². The van der Waals surface area contributed by atoms with Crippen LogP contribution in [-0.4, -0.2) is 11.6 Å². The highest BCUT2D eigenvalue weighted by molar-refractivity contribution is 5.91. The minimum Gasteiger partial charge on any atom is -0.371 e. The third kappa shape index (κ3) is 1.98. The molecule has 0 bridgehead atoms. The Balaban J connectivity index is 1.96. The van der Waals surface area contributed by atoms with Crippen LogP contribution >= 0.6 is 0 Å². The van der Waals surface area contributed by atoms with E-state index in [2.05, 4.69) is 4.98 Å². The first kappa shape index (κ1) is 14.1. The fourth-order valence-electron chi connectivity index (χ4n) is 3.75. The van der Waals surface area contributed by atoms with Gasteiger partial charge in [0, 0.05) is 16.6 Å². The number of H-pyrrole nitrogens is 1. The van der Waals surface area contributed by atoms with Gasteiger partial charge >= 0.3 is 6.18 Å². The number of benzene rings is 1. The van der Waals surface area contributed by atoms with Crippen LogP contribution in [0.4, 0.5) is 13.2 Å². The Morgan fingerprint density at radius 3 is 2.64 bits per heavy atom. The monoisotopic (exact) mass is 309 g/mol. The maximum atomic E-state index is 13.4. The van der Waals surface area contributed by atoms with Crippen molar-refractivity contribution in [3.05, 3.63) is 34.5 Å². The largest absolute Gasteiger partial charge is 0.417 e. The maximum Gasteiger partial charge on any atom is 0.417 e. The molecule has 0 amide bonds. The molecule has 22 heavy (non-hydrogen) atoms. The number of ether oxygens (including phenoxy) is 1. The molecule has 1 fully saturated rings. The summed E-state index contributed by atoms with van der Waals surface area (Å²) < 4.78 is 46.0. The highest BCUT2D eigenvalue weighted by Gasteiger charge is 2.39. The van der Waals surface area contributed by atoms with Gasteiger partial charge in [-0.3, -0.25) is 0 Å². The average molecular weight is 309 g/mol. The summed E-state index contributed by atoms with van der Waals surface area (Å²) in [6, 6.07) is 2.76. The predicted molar refractivity (Wildman–Crippen MR) is 77.8 cm³/mol. The van der Waals surface area contributed by atoms with E-state index in [0.29, 0.717) is 29.8 Å². The Morgan fingerprint density at radius 1 is 1.23 bits per heavy atom. The zero-order valence-electron chi connectivity index (χ0n) is 12.4. The van der Waals surface area contributed by atoms with Crippen molar-refractivity contribution in [2.24, 2.45) is 5.92 Å². The van der Waals surface area contributed by atoms with Crippen molar-refractivity contribution in [2.45, 2.75) is 44.9 Å². The Labute approximate surface area is 126 Å². The van der Waals surface area contributed by atoms with Crippen LogP contribution in [0.15, 0.2) is 12.1 Å². The van der Waals surface area contributed by atoms with Crippen LogP contribution in [0.1, 0.15) is 47.8 Å². The fourth-order valence-corrected chi connectivity index (χ4v) is 3.75. The molecule has 5 heteroatoms. The quantitative estimate of drug-likeness (QED) is 0.795. The lowest BCUT2D eigenvalue weighted by Crippen LogP contribution is -2.27. The van der Waals surface area contributed by atoms with Crippen molar-refractivity contribution < 1.29 is 17.9 Å². The SMILES string of the molecule is Cc1ccc(C(F)(F)F)c2c3c([nH]c12)C(C1CCC1)OCC3. The van der Waals surface area contributed by atoms with Crippen LogP contribution in [0.5, 0.6) is 0 Å². The van der Waals surface area contributed by atoms with Crippen molar-refractivity contribution in [3.63, 3.8) is 0 Å². The van der Waals surface area contributed by atoms with E-state index in [4.69, 9.17) is 4.74 Å². The zero-order chi connectivity index (χ0) is 15.5. The van der Waals surface area contributed by atoms with Crippen LogP contribution in [0.3, 0.4) is 0 Å². The zero-order valence-corrected chi connectivity index (χ0v) is 12.4. The Kier molecular flexibility index (Phi) is 3.05. The van der Waals surface area contributed by atoms with Crippen molar-refractivity contribution in [3.8, 4) is 0 Å². The smallest absolute Gasteiger partial charge is 0.371 e. The first-order valence-corrected chi connectivity index (χ1v) is 7.79. The van der Waals surface area contributed by atoms with E-state index in [1.54, 1.807) is 6.07 Å². The van der Waals surface area contributed by atoms with Crippen LogP contribution in [0, 0.1) is 12.8 Å². The fraction of sp³-hybridized carbons (Fsp3) is 0.529. The lowest BCUT2D eigenvalue weighted by molar-refractivity contribution is -0.136. The number of aryl methyl sites for hydroxylation is 1. The van der Waals surface area contributed by atoms with E-state index in [1.165, 1.54) is 12.5 Å². The Bertz CT molecular complexity index is 728. The highest BCUT2D eigenvalue weighted by atomic mass is 19.4. The van der Waals surface area contributed by atoms with Gasteiger partial charge in [-0.05, 0) is 49.3 Å². The molecular weight excluding hydrogens is 291 g/mol. The van der Waals surface area contributed by atoms with E-state index in [0.717, 1.165) is 29.7 Å². The van der Waals surface area contributed by atoms with E-state index >= 15 is 0 Å². The molecule has 0 saturated heterocycles. The van der Waals surface area contributed by atoms with E-state index in [9.17, 15) is 13.2 Å². The summed E-state index contributed by atoms with van der Waals surface area (Å²) in [5.41, 5.74) is 2.64. The van der Waals surface area contributed by atoms with Crippen LogP contribution in [0.25, 0.3) is 10.9 Å². The molecule has 4 rings (SSSR count). The third-order valence-electron chi connectivity index (χ3n) is 5.12. The second kappa shape index (κ2) is 4.75.